The molecule has 0 radical (unpaired) electrons. The number of benzene rings is 1. The lowest BCUT2D eigenvalue weighted by Crippen LogP contribution is -2.41. The Morgan fingerprint density at radius 3 is 2.56 bits per heavy atom. The molecule has 146 valence electrons. The van der Waals surface area contributed by atoms with Gasteiger partial charge in [-0.15, -0.1) is 0 Å². The van der Waals surface area contributed by atoms with Gasteiger partial charge in [0.25, 0.3) is 5.56 Å². The van der Waals surface area contributed by atoms with Gasteiger partial charge < -0.3 is 10.6 Å². The molecule has 1 aromatic heterocycles. The Kier molecular flexibility index (Phi) is 5.99. The summed E-state index contributed by atoms with van der Waals surface area (Å²) < 4.78 is 1.58. The van der Waals surface area contributed by atoms with Gasteiger partial charge >= 0.3 is 0 Å². The van der Waals surface area contributed by atoms with Crippen molar-refractivity contribution in [2.45, 2.75) is 42.9 Å². The lowest BCUT2D eigenvalue weighted by atomic mass is 9.78. The lowest BCUT2D eigenvalue weighted by Gasteiger charge is -2.39. The van der Waals surface area contributed by atoms with Gasteiger partial charge in [-0.3, -0.25) is 9.36 Å². The van der Waals surface area contributed by atoms with Crippen molar-refractivity contribution in [1.29, 1.82) is 0 Å². The zero-order chi connectivity index (χ0) is 19.8. The highest BCUT2D eigenvalue weighted by molar-refractivity contribution is 7.99. The smallest absolute Gasteiger partial charge is 0.270 e. The normalized spacial score (nSPS) is 16.6. The third kappa shape index (κ3) is 4.23. The molecule has 0 atom stereocenters. The topological polar surface area (TPSA) is 64.2 Å². The molecule has 1 fully saturated rings. The Balaban J connectivity index is 1.90. The summed E-state index contributed by atoms with van der Waals surface area (Å²) in [5.41, 5.74) is 6.36. The predicted octanol–water partition coefficient (Wildman–Crippen LogP) is 4.84. The van der Waals surface area contributed by atoms with Crippen LogP contribution >= 0.6 is 35.0 Å². The molecule has 0 aliphatic carbocycles. The summed E-state index contributed by atoms with van der Waals surface area (Å²) in [5.74, 6) is 0.857. The zero-order valence-electron chi connectivity index (χ0n) is 15.8. The van der Waals surface area contributed by atoms with Crippen molar-refractivity contribution in [2.24, 2.45) is 12.5 Å². The first-order valence-corrected chi connectivity index (χ1v) is 10.6. The predicted molar refractivity (Wildman–Crippen MR) is 114 cm³/mol. The van der Waals surface area contributed by atoms with Crippen molar-refractivity contribution in [3.05, 3.63) is 38.6 Å². The van der Waals surface area contributed by atoms with E-state index in [1.54, 1.807) is 29.8 Å². The van der Waals surface area contributed by atoms with Crippen LogP contribution in [0, 0.1) is 5.41 Å². The molecule has 3 rings (SSSR count). The molecule has 2 heterocycles. The minimum Gasteiger partial charge on any atom is -0.382 e. The van der Waals surface area contributed by atoms with Crippen molar-refractivity contribution in [3.63, 3.8) is 0 Å². The van der Waals surface area contributed by atoms with Gasteiger partial charge in [-0.25, -0.2) is 0 Å². The Hall–Kier alpha value is -1.37. The molecule has 8 heteroatoms. The summed E-state index contributed by atoms with van der Waals surface area (Å²) in [7, 11) is 1.74. The van der Waals surface area contributed by atoms with E-state index in [4.69, 9.17) is 28.9 Å². The van der Waals surface area contributed by atoms with E-state index in [2.05, 4.69) is 23.7 Å². The number of nitrogen functional groups attached to an aromatic ring is 1. The monoisotopic (exact) mass is 426 g/mol. The summed E-state index contributed by atoms with van der Waals surface area (Å²) in [6.45, 7) is 6.30. The number of nitrogens with two attached hydrogens (primary N) is 1. The molecular weight excluding hydrogens is 403 g/mol. The summed E-state index contributed by atoms with van der Waals surface area (Å²) in [4.78, 5) is 20.7. The first kappa shape index (κ1) is 20.4. The van der Waals surface area contributed by atoms with Crippen LogP contribution in [-0.2, 0) is 7.05 Å². The maximum Gasteiger partial charge on any atom is 0.270 e. The van der Waals surface area contributed by atoms with Gasteiger partial charge in [0, 0.05) is 30.1 Å². The quantitative estimate of drug-likeness (QED) is 0.757. The summed E-state index contributed by atoms with van der Waals surface area (Å²) in [5, 5.41) is 1.02. The third-order valence-corrected chi connectivity index (χ3v) is 7.29. The highest BCUT2D eigenvalue weighted by Crippen LogP contribution is 2.37. The molecule has 1 saturated heterocycles. The molecule has 1 aliphatic heterocycles. The number of hydrogen-bond donors (Lipinski definition) is 1. The van der Waals surface area contributed by atoms with Crippen molar-refractivity contribution in [1.82, 2.24) is 9.55 Å². The minimum atomic E-state index is -0.169. The average molecular weight is 427 g/mol. The van der Waals surface area contributed by atoms with Gasteiger partial charge in [0.15, 0.2) is 0 Å². The zero-order valence-corrected chi connectivity index (χ0v) is 18.1. The average Bonchev–Trinajstić information content (AvgIpc) is 2.64. The van der Waals surface area contributed by atoms with Crippen LogP contribution in [0.4, 0.5) is 11.8 Å². The van der Waals surface area contributed by atoms with E-state index < -0.39 is 0 Å². The van der Waals surface area contributed by atoms with E-state index in [0.29, 0.717) is 26.3 Å². The van der Waals surface area contributed by atoms with Crippen LogP contribution in [0.25, 0.3) is 0 Å². The number of anilines is 2. The summed E-state index contributed by atoms with van der Waals surface area (Å²) >= 11 is 13.4. The van der Waals surface area contributed by atoms with Gasteiger partial charge in [-0.05, 0) is 36.5 Å². The Bertz CT molecular complexity index is 907. The molecule has 2 N–H and O–H groups in total. The maximum absolute atomic E-state index is 12.9. The lowest BCUT2D eigenvalue weighted by molar-refractivity contribution is 0.236. The fraction of sp³-hybridized carbons (Fsp3) is 0.474. The number of rotatable bonds is 4. The number of nitrogens with zero attached hydrogens (tertiary/aromatic N) is 3. The second-order valence-corrected chi connectivity index (χ2v) is 9.21. The van der Waals surface area contributed by atoms with Gasteiger partial charge in [0.2, 0.25) is 5.95 Å². The molecule has 0 spiro atoms. The number of piperidine rings is 1. The van der Waals surface area contributed by atoms with E-state index in [9.17, 15) is 4.79 Å². The second kappa shape index (κ2) is 7.94. The van der Waals surface area contributed by atoms with Crippen LogP contribution in [0.5, 0.6) is 0 Å². The Labute approximate surface area is 173 Å². The van der Waals surface area contributed by atoms with Crippen LogP contribution in [-0.4, -0.2) is 22.6 Å². The van der Waals surface area contributed by atoms with Crippen molar-refractivity contribution < 1.29 is 0 Å². The second-order valence-electron chi connectivity index (χ2n) is 7.32. The van der Waals surface area contributed by atoms with Gasteiger partial charge in [-0.1, -0.05) is 55.2 Å². The van der Waals surface area contributed by atoms with Crippen LogP contribution < -0.4 is 16.2 Å². The molecule has 0 unspecified atom stereocenters. The van der Waals surface area contributed by atoms with E-state index in [1.165, 1.54) is 11.8 Å². The summed E-state index contributed by atoms with van der Waals surface area (Å²) in [6.07, 6.45) is 3.32. The van der Waals surface area contributed by atoms with Crippen LogP contribution in [0.15, 0.2) is 32.8 Å². The van der Waals surface area contributed by atoms with E-state index in [1.807, 2.05) is 0 Å². The van der Waals surface area contributed by atoms with Gasteiger partial charge in [0.05, 0.1) is 5.02 Å². The van der Waals surface area contributed by atoms with Crippen LogP contribution in [0.3, 0.4) is 0 Å². The Morgan fingerprint density at radius 1 is 1.30 bits per heavy atom. The molecule has 2 aromatic rings. The van der Waals surface area contributed by atoms with Gasteiger partial charge in [0.1, 0.15) is 10.7 Å². The number of aromatic nitrogens is 2. The fourth-order valence-corrected chi connectivity index (χ4v) is 4.64. The Morgan fingerprint density at radius 2 is 1.96 bits per heavy atom. The largest absolute Gasteiger partial charge is 0.382 e. The SMILES string of the molecule is CCC1(C)CCN(c2nc(N)c(Sc3ccc(Cl)cc3Cl)c(=O)n2C)CC1. The first-order chi connectivity index (χ1) is 12.7. The standard InChI is InChI=1S/C19H24Cl2N4OS/c1-4-19(2)7-9-25(10-8-19)18-23-16(22)15(17(26)24(18)3)27-14-6-5-12(20)11-13(14)21/h5-6,11H,4,7-10,22H2,1-3H3. The molecule has 5 nitrogen and oxygen atoms in total. The van der Waals surface area contributed by atoms with Crippen molar-refractivity contribution in [2.75, 3.05) is 23.7 Å². The van der Waals surface area contributed by atoms with Crippen molar-refractivity contribution >= 4 is 46.7 Å². The summed E-state index contributed by atoms with van der Waals surface area (Å²) in [6, 6.07) is 5.15. The molecule has 1 aliphatic rings. The molecule has 0 amide bonds. The fourth-order valence-electron chi connectivity index (χ4n) is 3.23. The molecule has 0 bridgehead atoms. The van der Waals surface area contributed by atoms with E-state index in [0.717, 1.165) is 37.2 Å². The molecular formula is C19H24Cl2N4OS. The molecule has 1 aromatic carbocycles. The highest BCUT2D eigenvalue weighted by atomic mass is 35.5. The minimum absolute atomic E-state index is 0.169. The van der Waals surface area contributed by atoms with E-state index >= 15 is 0 Å². The first-order valence-electron chi connectivity index (χ1n) is 8.98. The third-order valence-electron chi connectivity index (χ3n) is 5.46. The van der Waals surface area contributed by atoms with Crippen LogP contribution in [0.2, 0.25) is 10.0 Å². The number of hydrogen-bond acceptors (Lipinski definition) is 5. The van der Waals surface area contributed by atoms with Crippen molar-refractivity contribution in [3.8, 4) is 0 Å². The highest BCUT2D eigenvalue weighted by Gasteiger charge is 2.30. The maximum atomic E-state index is 12.9. The molecule has 0 saturated carbocycles. The number of halogens is 2. The van der Waals surface area contributed by atoms with Gasteiger partial charge in [-0.2, -0.15) is 4.98 Å². The molecule has 27 heavy (non-hydrogen) atoms. The van der Waals surface area contributed by atoms with Crippen LogP contribution in [0.1, 0.15) is 33.1 Å². The van der Waals surface area contributed by atoms with E-state index in [-0.39, 0.29) is 11.4 Å².